The smallest absolute Gasteiger partial charge is 0.119 e. The number of nitrogens with zero attached hydrogens (tertiary/aromatic N) is 3. The van der Waals surface area contributed by atoms with Crippen molar-refractivity contribution in [3.05, 3.63) is 36.0 Å². The van der Waals surface area contributed by atoms with E-state index in [4.69, 9.17) is 9.84 Å². The number of hydrogen-bond acceptors (Lipinski definition) is 4. The van der Waals surface area contributed by atoms with Crippen LogP contribution in [0.1, 0.15) is 33.3 Å². The fraction of sp³-hybridized carbons (Fsp3) is 0.550. The molecule has 136 valence electrons. The molecule has 1 fully saturated rings. The highest BCUT2D eigenvalue weighted by molar-refractivity contribution is 5.64. The lowest BCUT2D eigenvalue weighted by Gasteiger charge is -2.31. The van der Waals surface area contributed by atoms with E-state index in [1.807, 2.05) is 12.1 Å². The van der Waals surface area contributed by atoms with Crippen LogP contribution in [0.25, 0.3) is 11.3 Å². The van der Waals surface area contributed by atoms with Gasteiger partial charge in [0.25, 0.3) is 0 Å². The molecular weight excluding hydrogens is 312 g/mol. The Labute approximate surface area is 151 Å². The molecule has 25 heavy (non-hydrogen) atoms. The number of aromatic nitrogens is 2. The van der Waals surface area contributed by atoms with E-state index in [1.54, 1.807) is 7.11 Å². The highest BCUT2D eigenvalue weighted by Gasteiger charge is 2.22. The molecule has 5 nitrogen and oxygen atoms in total. The Hall–Kier alpha value is -1.85. The van der Waals surface area contributed by atoms with Crippen molar-refractivity contribution < 1.29 is 4.74 Å². The monoisotopic (exact) mass is 342 g/mol. The summed E-state index contributed by atoms with van der Waals surface area (Å²) in [5.41, 5.74) is 3.40. The summed E-state index contributed by atoms with van der Waals surface area (Å²) in [5.74, 6) is 0.865. The van der Waals surface area contributed by atoms with Crippen molar-refractivity contribution >= 4 is 0 Å². The lowest BCUT2D eigenvalue weighted by Crippen LogP contribution is -2.48. The first-order valence-electron chi connectivity index (χ1n) is 9.06. The highest BCUT2D eigenvalue weighted by atomic mass is 16.5. The molecule has 1 aromatic heterocycles. The van der Waals surface area contributed by atoms with E-state index in [-0.39, 0.29) is 5.54 Å². The third-order valence-corrected chi connectivity index (χ3v) is 4.67. The lowest BCUT2D eigenvalue weighted by molar-refractivity contribution is 0.199. The quantitative estimate of drug-likeness (QED) is 0.927. The van der Waals surface area contributed by atoms with Crippen molar-refractivity contribution in [3.63, 3.8) is 0 Å². The molecule has 1 N–H and O–H groups in total. The molecular formula is C20H30N4O. The van der Waals surface area contributed by atoms with Crippen molar-refractivity contribution in [2.24, 2.45) is 0 Å². The van der Waals surface area contributed by atoms with Crippen LogP contribution >= 0.6 is 0 Å². The van der Waals surface area contributed by atoms with Crippen LogP contribution in [-0.2, 0) is 12.1 Å². The van der Waals surface area contributed by atoms with Crippen molar-refractivity contribution in [2.45, 2.75) is 45.8 Å². The summed E-state index contributed by atoms with van der Waals surface area (Å²) >= 11 is 0. The van der Waals surface area contributed by atoms with E-state index in [0.717, 1.165) is 43.2 Å². The summed E-state index contributed by atoms with van der Waals surface area (Å²) in [6.45, 7) is 12.9. The number of ether oxygens (including phenoxy) is 1. The van der Waals surface area contributed by atoms with Crippen LogP contribution in [0.3, 0.4) is 0 Å². The highest BCUT2D eigenvalue weighted by Crippen LogP contribution is 2.29. The number of piperazine rings is 1. The Kier molecular flexibility index (Phi) is 5.16. The number of benzene rings is 1. The average molecular weight is 342 g/mol. The van der Waals surface area contributed by atoms with Gasteiger partial charge in [0.1, 0.15) is 5.75 Å². The molecule has 1 aromatic carbocycles. The molecule has 0 aliphatic carbocycles. The first kappa shape index (κ1) is 18.0. The van der Waals surface area contributed by atoms with Gasteiger partial charge in [0.05, 0.1) is 18.3 Å². The molecule has 1 atom stereocenters. The second kappa shape index (κ2) is 7.18. The van der Waals surface area contributed by atoms with Gasteiger partial charge in [-0.1, -0.05) is 12.1 Å². The van der Waals surface area contributed by atoms with Crippen LogP contribution in [0.4, 0.5) is 0 Å². The SMILES string of the molecule is COc1cccc(-c2nn(C(C)(C)C)cc2CN2CCNC(C)C2)c1. The summed E-state index contributed by atoms with van der Waals surface area (Å²) < 4.78 is 7.49. The van der Waals surface area contributed by atoms with Gasteiger partial charge in [0, 0.05) is 49.5 Å². The van der Waals surface area contributed by atoms with E-state index in [1.165, 1.54) is 5.56 Å². The number of hydrogen-bond donors (Lipinski definition) is 1. The second-order valence-corrected chi connectivity index (χ2v) is 7.94. The topological polar surface area (TPSA) is 42.3 Å². The molecule has 1 aliphatic rings. The molecule has 0 amide bonds. The van der Waals surface area contributed by atoms with E-state index in [9.17, 15) is 0 Å². The van der Waals surface area contributed by atoms with E-state index in [0.29, 0.717) is 6.04 Å². The molecule has 1 unspecified atom stereocenters. The third kappa shape index (κ3) is 4.22. The minimum atomic E-state index is -0.0391. The molecule has 0 radical (unpaired) electrons. The van der Waals surface area contributed by atoms with Crippen LogP contribution in [0.15, 0.2) is 30.5 Å². The maximum absolute atomic E-state index is 5.40. The van der Waals surface area contributed by atoms with Gasteiger partial charge in [-0.2, -0.15) is 5.10 Å². The van der Waals surface area contributed by atoms with Gasteiger partial charge in [0.2, 0.25) is 0 Å². The summed E-state index contributed by atoms with van der Waals surface area (Å²) in [6.07, 6.45) is 2.21. The zero-order valence-corrected chi connectivity index (χ0v) is 16.0. The molecule has 1 saturated heterocycles. The van der Waals surface area contributed by atoms with Crippen molar-refractivity contribution in [1.29, 1.82) is 0 Å². The summed E-state index contributed by atoms with van der Waals surface area (Å²) in [7, 11) is 1.70. The normalized spacial score (nSPS) is 19.2. The Bertz CT molecular complexity index is 717. The standard InChI is InChI=1S/C20H30N4O/c1-15-12-23(10-9-21-15)13-17-14-24(20(2,3)4)22-19(17)16-7-6-8-18(11-16)25-5/h6-8,11,14-15,21H,9-10,12-13H2,1-5H3. The van der Waals surface area contributed by atoms with Crippen LogP contribution in [0.2, 0.25) is 0 Å². The largest absolute Gasteiger partial charge is 0.497 e. The predicted octanol–water partition coefficient (Wildman–Crippen LogP) is 3.11. The fourth-order valence-corrected chi connectivity index (χ4v) is 3.28. The second-order valence-electron chi connectivity index (χ2n) is 7.94. The van der Waals surface area contributed by atoms with Gasteiger partial charge >= 0.3 is 0 Å². The van der Waals surface area contributed by atoms with Gasteiger partial charge in [-0.15, -0.1) is 0 Å². The predicted molar refractivity (Wildman–Crippen MR) is 102 cm³/mol. The molecule has 5 heteroatoms. The Morgan fingerprint density at radius 3 is 2.80 bits per heavy atom. The maximum Gasteiger partial charge on any atom is 0.119 e. The Morgan fingerprint density at radius 2 is 2.12 bits per heavy atom. The van der Waals surface area contributed by atoms with Crippen LogP contribution in [0.5, 0.6) is 5.75 Å². The van der Waals surface area contributed by atoms with Crippen molar-refractivity contribution in [1.82, 2.24) is 20.0 Å². The average Bonchev–Trinajstić information content (AvgIpc) is 2.99. The minimum Gasteiger partial charge on any atom is -0.497 e. The molecule has 3 rings (SSSR count). The van der Waals surface area contributed by atoms with E-state index >= 15 is 0 Å². The molecule has 0 bridgehead atoms. The van der Waals surface area contributed by atoms with Gasteiger partial charge in [0.15, 0.2) is 0 Å². The third-order valence-electron chi connectivity index (χ3n) is 4.67. The zero-order chi connectivity index (χ0) is 18.0. The molecule has 0 saturated carbocycles. The number of methoxy groups -OCH3 is 1. The van der Waals surface area contributed by atoms with Crippen LogP contribution in [0, 0.1) is 0 Å². The molecule has 1 aliphatic heterocycles. The molecule has 2 heterocycles. The van der Waals surface area contributed by atoms with Crippen LogP contribution in [-0.4, -0.2) is 47.5 Å². The number of rotatable bonds is 4. The first-order valence-corrected chi connectivity index (χ1v) is 9.06. The first-order chi connectivity index (χ1) is 11.9. The van der Waals surface area contributed by atoms with Gasteiger partial charge in [-0.05, 0) is 39.8 Å². The van der Waals surface area contributed by atoms with Crippen molar-refractivity contribution in [2.75, 3.05) is 26.7 Å². The minimum absolute atomic E-state index is 0.0391. The Morgan fingerprint density at radius 1 is 1.32 bits per heavy atom. The lowest BCUT2D eigenvalue weighted by atomic mass is 10.1. The summed E-state index contributed by atoms with van der Waals surface area (Å²) in [6, 6.07) is 8.72. The zero-order valence-electron chi connectivity index (χ0n) is 16.0. The maximum atomic E-state index is 5.40. The van der Waals surface area contributed by atoms with Gasteiger partial charge in [-0.3, -0.25) is 9.58 Å². The Balaban J connectivity index is 1.96. The molecule has 2 aromatic rings. The van der Waals surface area contributed by atoms with E-state index < -0.39 is 0 Å². The summed E-state index contributed by atoms with van der Waals surface area (Å²) in [5, 5.41) is 8.44. The van der Waals surface area contributed by atoms with Crippen LogP contribution < -0.4 is 10.1 Å². The van der Waals surface area contributed by atoms with E-state index in [2.05, 4.69) is 60.9 Å². The van der Waals surface area contributed by atoms with Gasteiger partial charge < -0.3 is 10.1 Å². The fourth-order valence-electron chi connectivity index (χ4n) is 3.28. The molecule has 0 spiro atoms. The summed E-state index contributed by atoms with van der Waals surface area (Å²) in [4.78, 5) is 2.51. The van der Waals surface area contributed by atoms with Crippen molar-refractivity contribution in [3.8, 4) is 17.0 Å². The van der Waals surface area contributed by atoms with Gasteiger partial charge in [-0.25, -0.2) is 0 Å². The number of nitrogens with one attached hydrogen (secondary N) is 1.